The molecule has 5 heteroatoms. The van der Waals surface area contributed by atoms with Crippen molar-refractivity contribution in [2.45, 2.75) is 31.7 Å². The highest BCUT2D eigenvalue weighted by Crippen LogP contribution is 2.33. The summed E-state index contributed by atoms with van der Waals surface area (Å²) in [6.45, 7) is 3.50. The molecule has 2 fully saturated rings. The average molecular weight is 316 g/mol. The quantitative estimate of drug-likeness (QED) is 0.905. The Labute approximate surface area is 115 Å². The summed E-state index contributed by atoms with van der Waals surface area (Å²) in [6, 6.07) is 0.663. The van der Waals surface area contributed by atoms with E-state index in [2.05, 4.69) is 36.5 Å². The highest BCUT2D eigenvalue weighted by molar-refractivity contribution is 9.10. The normalized spacial score (nSPS) is 24.2. The van der Waals surface area contributed by atoms with Crippen molar-refractivity contribution in [3.63, 3.8) is 0 Å². The van der Waals surface area contributed by atoms with E-state index in [1.54, 1.807) is 11.3 Å². The molecule has 1 saturated heterocycles. The maximum Gasteiger partial charge on any atom is 0.186 e. The maximum atomic E-state index is 4.57. The summed E-state index contributed by atoms with van der Waals surface area (Å²) in [5.41, 5.74) is 0. The molecule has 94 valence electrons. The van der Waals surface area contributed by atoms with E-state index in [0.717, 1.165) is 17.1 Å². The zero-order valence-electron chi connectivity index (χ0n) is 9.86. The van der Waals surface area contributed by atoms with Gasteiger partial charge in [0.05, 0.1) is 0 Å². The summed E-state index contributed by atoms with van der Waals surface area (Å²) in [6.07, 6.45) is 5.44. The van der Waals surface area contributed by atoms with Crippen LogP contribution in [0.3, 0.4) is 0 Å². The number of nitrogens with one attached hydrogen (secondary N) is 1. The van der Waals surface area contributed by atoms with Gasteiger partial charge in [0.15, 0.2) is 5.13 Å². The van der Waals surface area contributed by atoms with Gasteiger partial charge in [-0.25, -0.2) is 4.98 Å². The van der Waals surface area contributed by atoms with Crippen LogP contribution in [0.15, 0.2) is 9.98 Å². The minimum atomic E-state index is 0.663. The number of rotatable bonds is 5. The summed E-state index contributed by atoms with van der Waals surface area (Å²) in [5, 5.41) is 6.84. The first-order chi connectivity index (χ1) is 8.31. The fourth-order valence-corrected chi connectivity index (χ4v) is 3.68. The Balaban J connectivity index is 1.66. The van der Waals surface area contributed by atoms with E-state index in [-0.39, 0.29) is 0 Å². The molecule has 0 amide bonds. The molecule has 1 N–H and O–H groups in total. The summed E-state index contributed by atoms with van der Waals surface area (Å²) in [7, 11) is 0. The standard InChI is InChI=1S/C12H18BrN3S/c13-11-8-17-12(15-11)16(6-9-3-4-9)7-10-2-1-5-14-10/h8-10,14H,1-7H2. The molecule has 17 heavy (non-hydrogen) atoms. The summed E-state index contributed by atoms with van der Waals surface area (Å²) in [4.78, 5) is 7.05. The molecule has 2 heterocycles. The van der Waals surface area contributed by atoms with Crippen LogP contribution < -0.4 is 10.2 Å². The van der Waals surface area contributed by atoms with E-state index in [1.807, 2.05) is 0 Å². The SMILES string of the molecule is Brc1csc(N(CC2CC2)CC2CCCN2)n1. The predicted octanol–water partition coefficient (Wildman–Crippen LogP) is 2.87. The number of hydrogen-bond acceptors (Lipinski definition) is 4. The molecular formula is C12H18BrN3S. The number of nitrogens with zero attached hydrogens (tertiary/aromatic N) is 2. The third-order valence-corrected chi connectivity index (χ3v) is 5.12. The van der Waals surface area contributed by atoms with Gasteiger partial charge in [0, 0.05) is 24.5 Å². The Morgan fingerprint density at radius 3 is 2.88 bits per heavy atom. The van der Waals surface area contributed by atoms with E-state index in [4.69, 9.17) is 0 Å². The van der Waals surface area contributed by atoms with Crippen LogP contribution in [0.2, 0.25) is 0 Å². The van der Waals surface area contributed by atoms with Gasteiger partial charge in [-0.1, -0.05) is 0 Å². The van der Waals surface area contributed by atoms with Gasteiger partial charge < -0.3 is 10.2 Å². The fourth-order valence-electron chi connectivity index (χ4n) is 2.41. The Hall–Kier alpha value is -0.130. The molecule has 1 unspecified atom stereocenters. The lowest BCUT2D eigenvalue weighted by Gasteiger charge is -2.25. The van der Waals surface area contributed by atoms with Crippen LogP contribution in [0, 0.1) is 5.92 Å². The molecule has 1 aromatic heterocycles. The summed E-state index contributed by atoms with van der Waals surface area (Å²) < 4.78 is 0.970. The van der Waals surface area contributed by atoms with E-state index in [0.29, 0.717) is 6.04 Å². The third-order valence-electron chi connectivity index (χ3n) is 3.51. The maximum absolute atomic E-state index is 4.57. The molecule has 0 bridgehead atoms. The molecule has 0 aromatic carbocycles. The highest BCUT2D eigenvalue weighted by Gasteiger charge is 2.27. The van der Waals surface area contributed by atoms with Crippen LogP contribution in [-0.4, -0.2) is 30.7 Å². The van der Waals surface area contributed by atoms with Gasteiger partial charge in [-0.2, -0.15) is 0 Å². The second-order valence-electron chi connectivity index (χ2n) is 5.09. The van der Waals surface area contributed by atoms with Gasteiger partial charge in [0.25, 0.3) is 0 Å². The zero-order chi connectivity index (χ0) is 11.7. The van der Waals surface area contributed by atoms with Gasteiger partial charge >= 0.3 is 0 Å². The summed E-state index contributed by atoms with van der Waals surface area (Å²) in [5.74, 6) is 0.916. The number of anilines is 1. The molecule has 3 rings (SSSR count). The van der Waals surface area contributed by atoms with E-state index in [9.17, 15) is 0 Å². The van der Waals surface area contributed by atoms with Gasteiger partial charge in [-0.15, -0.1) is 11.3 Å². The Kier molecular flexibility index (Phi) is 3.68. The Bertz CT molecular complexity index is 372. The monoisotopic (exact) mass is 315 g/mol. The molecule has 1 saturated carbocycles. The molecule has 1 atom stereocenters. The van der Waals surface area contributed by atoms with Gasteiger partial charge in [0.1, 0.15) is 4.60 Å². The van der Waals surface area contributed by atoms with Crippen molar-refractivity contribution in [1.29, 1.82) is 0 Å². The van der Waals surface area contributed by atoms with Gasteiger partial charge in [0.2, 0.25) is 0 Å². The van der Waals surface area contributed by atoms with Crippen molar-refractivity contribution in [2.24, 2.45) is 5.92 Å². The Morgan fingerprint density at radius 2 is 2.29 bits per heavy atom. The van der Waals surface area contributed by atoms with E-state index >= 15 is 0 Å². The molecule has 0 radical (unpaired) electrons. The van der Waals surface area contributed by atoms with Crippen molar-refractivity contribution in [3.05, 3.63) is 9.98 Å². The fraction of sp³-hybridized carbons (Fsp3) is 0.750. The first kappa shape index (κ1) is 11.9. The lowest BCUT2D eigenvalue weighted by Crippen LogP contribution is -2.38. The van der Waals surface area contributed by atoms with Gasteiger partial charge in [-0.3, -0.25) is 0 Å². The van der Waals surface area contributed by atoms with Crippen molar-refractivity contribution >= 4 is 32.4 Å². The number of thiazole rings is 1. The minimum absolute atomic E-state index is 0.663. The largest absolute Gasteiger partial charge is 0.346 e. The first-order valence-corrected chi connectivity index (χ1v) is 8.08. The van der Waals surface area contributed by atoms with Gasteiger partial charge in [-0.05, 0) is 54.1 Å². The molecule has 2 aliphatic rings. The first-order valence-electron chi connectivity index (χ1n) is 6.40. The predicted molar refractivity (Wildman–Crippen MR) is 75.8 cm³/mol. The minimum Gasteiger partial charge on any atom is -0.346 e. The van der Waals surface area contributed by atoms with Crippen LogP contribution in [0.1, 0.15) is 25.7 Å². The lowest BCUT2D eigenvalue weighted by molar-refractivity contribution is 0.569. The average Bonchev–Trinajstić information content (AvgIpc) is 2.79. The van der Waals surface area contributed by atoms with Crippen molar-refractivity contribution in [3.8, 4) is 0 Å². The van der Waals surface area contributed by atoms with Crippen LogP contribution in [0.5, 0.6) is 0 Å². The van der Waals surface area contributed by atoms with Crippen molar-refractivity contribution in [1.82, 2.24) is 10.3 Å². The number of halogens is 1. The van der Waals surface area contributed by atoms with Crippen LogP contribution in [0.25, 0.3) is 0 Å². The topological polar surface area (TPSA) is 28.2 Å². The van der Waals surface area contributed by atoms with E-state index in [1.165, 1.54) is 43.9 Å². The highest BCUT2D eigenvalue weighted by atomic mass is 79.9. The molecular weight excluding hydrogens is 298 g/mol. The van der Waals surface area contributed by atoms with Crippen molar-refractivity contribution < 1.29 is 0 Å². The van der Waals surface area contributed by atoms with Crippen LogP contribution in [0.4, 0.5) is 5.13 Å². The zero-order valence-corrected chi connectivity index (χ0v) is 12.3. The Morgan fingerprint density at radius 1 is 1.41 bits per heavy atom. The van der Waals surface area contributed by atoms with Crippen LogP contribution in [-0.2, 0) is 0 Å². The second-order valence-corrected chi connectivity index (χ2v) is 6.74. The van der Waals surface area contributed by atoms with Crippen LogP contribution >= 0.6 is 27.3 Å². The number of aromatic nitrogens is 1. The molecule has 1 aliphatic carbocycles. The smallest absolute Gasteiger partial charge is 0.186 e. The van der Waals surface area contributed by atoms with Crippen molar-refractivity contribution in [2.75, 3.05) is 24.5 Å². The molecule has 1 aliphatic heterocycles. The number of hydrogen-bond donors (Lipinski definition) is 1. The third kappa shape index (κ3) is 3.20. The second kappa shape index (κ2) is 5.24. The molecule has 0 spiro atoms. The molecule has 3 nitrogen and oxygen atoms in total. The molecule has 1 aromatic rings. The van der Waals surface area contributed by atoms with E-state index < -0.39 is 0 Å². The lowest BCUT2D eigenvalue weighted by atomic mass is 10.2. The summed E-state index contributed by atoms with van der Waals surface area (Å²) >= 11 is 5.20.